The molecule has 3 N–H and O–H groups in total. The highest BCUT2D eigenvalue weighted by atomic mass is 16.5. The van der Waals surface area contributed by atoms with E-state index < -0.39 is 36.2 Å². The minimum Gasteiger partial charge on any atom is -0.488 e. The fourth-order valence-corrected chi connectivity index (χ4v) is 5.90. The molecule has 3 aliphatic heterocycles. The Balaban J connectivity index is 1.98. The molecule has 1 aromatic rings. The Morgan fingerprint density at radius 3 is 2.30 bits per heavy atom. The van der Waals surface area contributed by atoms with Crippen LogP contribution in [0.4, 0.5) is 0 Å². The zero-order valence-corrected chi connectivity index (χ0v) is 27.1. The number of likely N-dealkylation sites (tertiary alicyclic amines) is 1. The second-order valence-electron chi connectivity index (χ2n) is 12.7. The van der Waals surface area contributed by atoms with E-state index in [1.807, 2.05) is 84.8 Å². The van der Waals surface area contributed by atoms with Crippen molar-refractivity contribution in [2.45, 2.75) is 97.5 Å². The first-order valence-electron chi connectivity index (χ1n) is 15.7. The smallest absolute Gasteiger partial charge is 0.247 e. The van der Waals surface area contributed by atoms with Gasteiger partial charge in [-0.3, -0.25) is 24.1 Å². The quantitative estimate of drug-likeness (QED) is 0.381. The lowest BCUT2D eigenvalue weighted by Gasteiger charge is -2.34. The summed E-state index contributed by atoms with van der Waals surface area (Å²) in [6, 6.07) is 4.38. The van der Waals surface area contributed by atoms with Gasteiger partial charge in [0.1, 0.15) is 30.0 Å². The van der Waals surface area contributed by atoms with Gasteiger partial charge in [-0.1, -0.05) is 66.5 Å². The fourth-order valence-electron chi connectivity index (χ4n) is 5.90. The molecular formula is C33H51N5O5. The lowest BCUT2D eigenvalue weighted by atomic mass is 9.95. The number of hydrogen-bond donors (Lipinski definition) is 3. The van der Waals surface area contributed by atoms with Crippen LogP contribution >= 0.6 is 0 Å². The molecule has 238 valence electrons. The summed E-state index contributed by atoms with van der Waals surface area (Å²) in [5, 5.41) is 8.78. The molecule has 4 rings (SSSR count). The molecule has 4 amide bonds. The predicted molar refractivity (Wildman–Crippen MR) is 168 cm³/mol. The Hall–Kier alpha value is -3.40. The topological polar surface area (TPSA) is 120 Å². The number of nitrogens with zero attached hydrogens (tertiary/aromatic N) is 2. The summed E-state index contributed by atoms with van der Waals surface area (Å²) in [5.74, 6) is -0.660. The van der Waals surface area contributed by atoms with E-state index in [0.29, 0.717) is 25.0 Å². The van der Waals surface area contributed by atoms with Gasteiger partial charge in [-0.15, -0.1) is 0 Å². The van der Waals surface area contributed by atoms with Crippen molar-refractivity contribution in [1.82, 2.24) is 25.8 Å². The van der Waals surface area contributed by atoms with Gasteiger partial charge in [0.25, 0.3) is 0 Å². The zero-order chi connectivity index (χ0) is 31.8. The minimum atomic E-state index is -0.976. The molecule has 2 bridgehead atoms. The highest BCUT2D eigenvalue weighted by molar-refractivity contribution is 5.96. The molecule has 10 heteroatoms. The van der Waals surface area contributed by atoms with Gasteiger partial charge in [-0.2, -0.15) is 0 Å². The molecule has 3 aliphatic rings. The first kappa shape index (κ1) is 34.1. The van der Waals surface area contributed by atoms with Gasteiger partial charge < -0.3 is 25.6 Å². The van der Waals surface area contributed by atoms with E-state index in [4.69, 9.17) is 4.74 Å². The summed E-state index contributed by atoms with van der Waals surface area (Å²) < 4.78 is 6.32. The van der Waals surface area contributed by atoms with Gasteiger partial charge in [-0.25, -0.2) is 0 Å². The molecule has 0 saturated carbocycles. The second-order valence-corrected chi connectivity index (χ2v) is 12.7. The Labute approximate surface area is 257 Å². The van der Waals surface area contributed by atoms with E-state index in [-0.39, 0.29) is 42.0 Å². The molecule has 0 radical (unpaired) electrons. The van der Waals surface area contributed by atoms with Crippen molar-refractivity contribution < 1.29 is 23.9 Å². The van der Waals surface area contributed by atoms with Crippen molar-refractivity contribution in [2.75, 3.05) is 20.6 Å². The summed E-state index contributed by atoms with van der Waals surface area (Å²) in [6.45, 7) is 12.2. The molecule has 0 aliphatic carbocycles. The van der Waals surface area contributed by atoms with Crippen LogP contribution in [0, 0.1) is 17.8 Å². The zero-order valence-electron chi connectivity index (χ0n) is 27.1. The molecule has 1 saturated heterocycles. The third kappa shape index (κ3) is 8.59. The maximum Gasteiger partial charge on any atom is 0.247 e. The molecule has 1 aromatic carbocycles. The molecule has 7 atom stereocenters. The largest absolute Gasteiger partial charge is 0.488 e. The lowest BCUT2D eigenvalue weighted by Crippen LogP contribution is -2.60. The number of nitrogens with one attached hydrogen (secondary N) is 3. The van der Waals surface area contributed by atoms with Gasteiger partial charge in [0.15, 0.2) is 0 Å². The maximum atomic E-state index is 14.3. The number of benzene rings is 1. The van der Waals surface area contributed by atoms with Crippen LogP contribution in [0.25, 0.3) is 6.08 Å². The monoisotopic (exact) mass is 597 g/mol. The van der Waals surface area contributed by atoms with Crippen LogP contribution in [0.1, 0.15) is 72.8 Å². The fraction of sp³-hybridized carbons (Fsp3) is 0.636. The summed E-state index contributed by atoms with van der Waals surface area (Å²) in [5.41, 5.74) is 0.884. The van der Waals surface area contributed by atoms with Crippen molar-refractivity contribution in [1.29, 1.82) is 0 Å². The van der Waals surface area contributed by atoms with Crippen molar-refractivity contribution in [3.8, 4) is 5.75 Å². The summed E-state index contributed by atoms with van der Waals surface area (Å²) in [4.78, 5) is 58.4. The van der Waals surface area contributed by atoms with Crippen molar-refractivity contribution in [2.24, 2.45) is 17.8 Å². The molecular weight excluding hydrogens is 546 g/mol. The van der Waals surface area contributed by atoms with E-state index in [2.05, 4.69) is 16.0 Å². The molecule has 0 unspecified atom stereocenters. The Bertz CT molecular complexity index is 1150. The summed E-state index contributed by atoms with van der Waals surface area (Å²) >= 11 is 0. The number of carbonyl (C=O) groups is 4. The van der Waals surface area contributed by atoms with E-state index in [9.17, 15) is 19.2 Å². The third-order valence-electron chi connectivity index (χ3n) is 8.69. The van der Waals surface area contributed by atoms with Crippen LogP contribution in [-0.4, -0.2) is 84.3 Å². The van der Waals surface area contributed by atoms with Gasteiger partial charge in [0.2, 0.25) is 23.6 Å². The van der Waals surface area contributed by atoms with Crippen molar-refractivity contribution >= 4 is 29.7 Å². The Kier molecular flexibility index (Phi) is 12.2. The first-order valence-corrected chi connectivity index (χ1v) is 15.7. The van der Waals surface area contributed by atoms with Crippen molar-refractivity contribution in [3.05, 3.63) is 36.0 Å². The molecule has 0 spiro atoms. The SMILES string of the molecule is CC[C@H](C)[C@@H]1NC(=O)[C@@H]2[C@H](CCN2C(=O)[C@H](CC(C)C)NC(=O)[C@H]([C@@H](C)CC)N(C)C)Oc2ccc(cc2)/C=C\NC1=O. The predicted octanol–water partition coefficient (Wildman–Crippen LogP) is 3.17. The lowest BCUT2D eigenvalue weighted by molar-refractivity contribution is -0.144. The van der Waals surface area contributed by atoms with Crippen LogP contribution in [0.15, 0.2) is 30.5 Å². The van der Waals surface area contributed by atoms with E-state index in [1.54, 1.807) is 12.3 Å². The molecule has 1 fully saturated rings. The Morgan fingerprint density at radius 1 is 1.05 bits per heavy atom. The van der Waals surface area contributed by atoms with Gasteiger partial charge in [0, 0.05) is 19.2 Å². The van der Waals surface area contributed by atoms with Crippen LogP contribution in [0.2, 0.25) is 0 Å². The third-order valence-corrected chi connectivity index (χ3v) is 8.69. The van der Waals surface area contributed by atoms with Gasteiger partial charge in [-0.05, 0) is 62.0 Å². The number of likely N-dealkylation sites (N-methyl/N-ethyl adjacent to an activating group) is 1. The van der Waals surface area contributed by atoms with Crippen LogP contribution in [0.3, 0.4) is 0 Å². The van der Waals surface area contributed by atoms with Gasteiger partial charge in [0.05, 0.1) is 6.04 Å². The average Bonchev–Trinajstić information content (AvgIpc) is 3.38. The number of carbonyl (C=O) groups excluding carboxylic acids is 4. The average molecular weight is 598 g/mol. The number of rotatable bonds is 10. The number of fused-ring (bicyclic) bond motifs is 7. The first-order chi connectivity index (χ1) is 20.4. The van der Waals surface area contributed by atoms with E-state index >= 15 is 0 Å². The normalized spacial score (nSPS) is 24.2. The number of amides is 4. The summed E-state index contributed by atoms with van der Waals surface area (Å²) in [7, 11) is 3.73. The number of ether oxygens (including phenoxy) is 1. The second kappa shape index (κ2) is 15.4. The van der Waals surface area contributed by atoms with Gasteiger partial charge >= 0.3 is 0 Å². The number of hydrogen-bond acceptors (Lipinski definition) is 6. The maximum absolute atomic E-state index is 14.3. The van der Waals surface area contributed by atoms with E-state index in [1.165, 1.54) is 4.90 Å². The highest BCUT2D eigenvalue weighted by Crippen LogP contribution is 2.27. The van der Waals surface area contributed by atoms with Crippen molar-refractivity contribution in [3.63, 3.8) is 0 Å². The van der Waals surface area contributed by atoms with Crippen LogP contribution in [-0.2, 0) is 19.2 Å². The molecule has 43 heavy (non-hydrogen) atoms. The molecule has 3 heterocycles. The minimum absolute atomic E-state index is 0.0876. The Morgan fingerprint density at radius 2 is 1.72 bits per heavy atom. The van der Waals surface area contributed by atoms with Crippen LogP contribution in [0.5, 0.6) is 5.75 Å². The van der Waals surface area contributed by atoms with E-state index in [0.717, 1.165) is 12.0 Å². The molecule has 0 aromatic heterocycles. The molecule has 10 nitrogen and oxygen atoms in total. The summed E-state index contributed by atoms with van der Waals surface area (Å²) in [6.07, 6.45) is 5.07. The highest BCUT2D eigenvalue weighted by Gasteiger charge is 2.47. The van der Waals surface area contributed by atoms with Crippen LogP contribution < -0.4 is 20.7 Å². The standard InChI is InChI=1S/C33H51N5O5/c1-9-21(5)27-30(39)34-17-15-23-11-13-24(14-12-23)43-26-16-18-38(29(26)32(41)36-27)33(42)25(19-20(3)4)35-31(40)28(37(7)8)22(6)10-2/h11-15,17,20-22,25-29H,9-10,16,18-19H2,1-8H3,(H,34,39)(H,35,40)(H,36,41)/b17-15-/t21-,22-,25-,26-,27-,28-,29-/m0/s1.